The first-order valence-corrected chi connectivity index (χ1v) is 7.61. The third-order valence-corrected chi connectivity index (χ3v) is 4.40. The first-order chi connectivity index (χ1) is 9.22. The molecule has 0 amide bonds. The summed E-state index contributed by atoms with van der Waals surface area (Å²) in [4.78, 5) is 1.36. The van der Waals surface area contributed by atoms with Crippen LogP contribution in [0.4, 0.5) is 0 Å². The zero-order valence-corrected chi connectivity index (χ0v) is 12.2. The van der Waals surface area contributed by atoms with E-state index in [2.05, 4.69) is 60.1 Å². The monoisotopic (exact) mass is 274 g/mol. The van der Waals surface area contributed by atoms with E-state index in [-0.39, 0.29) is 5.54 Å². The Bertz CT molecular complexity index is 467. The Hall–Kier alpha value is -1.16. The zero-order chi connectivity index (χ0) is 13.6. The van der Waals surface area contributed by atoms with Crippen molar-refractivity contribution in [2.75, 3.05) is 6.54 Å². The average molecular weight is 274 g/mol. The van der Waals surface area contributed by atoms with Crippen LogP contribution in [0.1, 0.15) is 23.8 Å². The molecule has 1 atom stereocenters. The summed E-state index contributed by atoms with van der Waals surface area (Å²) in [5.74, 6) is 0. The second kappa shape index (κ2) is 6.85. The highest BCUT2D eigenvalue weighted by atomic mass is 32.1. The second-order valence-electron chi connectivity index (χ2n) is 5.18. The van der Waals surface area contributed by atoms with Crippen molar-refractivity contribution in [3.05, 3.63) is 58.3 Å². The molecule has 3 N–H and O–H groups in total. The van der Waals surface area contributed by atoms with Crippen molar-refractivity contribution in [1.82, 2.24) is 5.32 Å². The molecule has 2 aromatic rings. The van der Waals surface area contributed by atoms with Gasteiger partial charge in [0.25, 0.3) is 0 Å². The summed E-state index contributed by atoms with van der Waals surface area (Å²) in [6.45, 7) is 3.77. The maximum atomic E-state index is 5.95. The molecule has 0 radical (unpaired) electrons. The van der Waals surface area contributed by atoms with Gasteiger partial charge in [-0.2, -0.15) is 0 Å². The van der Waals surface area contributed by atoms with E-state index in [0.717, 1.165) is 19.4 Å². The van der Waals surface area contributed by atoms with Crippen LogP contribution in [0.3, 0.4) is 0 Å². The van der Waals surface area contributed by atoms with E-state index in [1.54, 1.807) is 11.3 Å². The number of rotatable bonds is 7. The lowest BCUT2D eigenvalue weighted by atomic mass is 9.93. The van der Waals surface area contributed by atoms with E-state index in [1.807, 2.05) is 0 Å². The third-order valence-electron chi connectivity index (χ3n) is 3.53. The molecule has 0 aliphatic rings. The van der Waals surface area contributed by atoms with Gasteiger partial charge >= 0.3 is 0 Å². The summed E-state index contributed by atoms with van der Waals surface area (Å²) in [5.41, 5.74) is 7.33. The number of hydrogen-bond donors (Lipinski definition) is 2. The van der Waals surface area contributed by atoms with Crippen LogP contribution < -0.4 is 11.1 Å². The predicted octanol–water partition coefficient (Wildman–Crippen LogP) is 3.19. The summed E-state index contributed by atoms with van der Waals surface area (Å²) in [6, 6.07) is 14.8. The molecule has 102 valence electrons. The Balaban J connectivity index is 1.86. The molecular weight excluding hydrogens is 252 g/mol. The zero-order valence-electron chi connectivity index (χ0n) is 11.4. The van der Waals surface area contributed by atoms with Crippen LogP contribution in [0.15, 0.2) is 47.8 Å². The predicted molar refractivity (Wildman–Crippen MR) is 83.4 cm³/mol. The van der Waals surface area contributed by atoms with Crippen LogP contribution in [-0.4, -0.2) is 12.1 Å². The van der Waals surface area contributed by atoms with Gasteiger partial charge in [0.05, 0.1) is 0 Å². The van der Waals surface area contributed by atoms with Crippen LogP contribution in [0.25, 0.3) is 0 Å². The van der Waals surface area contributed by atoms with Crippen molar-refractivity contribution < 1.29 is 0 Å². The molecule has 0 bridgehead atoms. The lowest BCUT2D eigenvalue weighted by Crippen LogP contribution is -2.48. The molecule has 2 rings (SSSR count). The first-order valence-electron chi connectivity index (χ1n) is 6.73. The van der Waals surface area contributed by atoms with E-state index >= 15 is 0 Å². The minimum absolute atomic E-state index is 0.000167. The Morgan fingerprint density at radius 1 is 1.16 bits per heavy atom. The number of aryl methyl sites for hydroxylation is 1. The summed E-state index contributed by atoms with van der Waals surface area (Å²) < 4.78 is 0. The smallest absolute Gasteiger partial charge is 0.0305 e. The lowest BCUT2D eigenvalue weighted by molar-refractivity contribution is 0.338. The minimum Gasteiger partial charge on any atom is -0.329 e. The maximum absolute atomic E-state index is 5.95. The fourth-order valence-corrected chi connectivity index (χ4v) is 2.69. The van der Waals surface area contributed by atoms with E-state index in [0.29, 0.717) is 6.54 Å². The van der Waals surface area contributed by atoms with E-state index < -0.39 is 0 Å². The van der Waals surface area contributed by atoms with E-state index in [4.69, 9.17) is 5.73 Å². The second-order valence-corrected chi connectivity index (χ2v) is 6.22. The van der Waals surface area contributed by atoms with Crippen molar-refractivity contribution in [2.24, 2.45) is 5.73 Å². The molecule has 0 spiro atoms. The molecule has 19 heavy (non-hydrogen) atoms. The molecule has 0 saturated heterocycles. The average Bonchev–Trinajstić information content (AvgIpc) is 2.98. The molecule has 1 unspecified atom stereocenters. The van der Waals surface area contributed by atoms with Gasteiger partial charge < -0.3 is 11.1 Å². The summed E-state index contributed by atoms with van der Waals surface area (Å²) in [6.07, 6.45) is 2.12. The Morgan fingerprint density at radius 2 is 1.95 bits per heavy atom. The number of hydrogen-bond acceptors (Lipinski definition) is 3. The highest BCUT2D eigenvalue weighted by molar-refractivity contribution is 7.09. The van der Waals surface area contributed by atoms with Crippen molar-refractivity contribution in [2.45, 2.75) is 31.8 Å². The summed E-state index contributed by atoms with van der Waals surface area (Å²) in [7, 11) is 0. The fourth-order valence-electron chi connectivity index (χ4n) is 2.04. The third kappa shape index (κ3) is 4.46. The first kappa shape index (κ1) is 14.3. The van der Waals surface area contributed by atoms with E-state index in [9.17, 15) is 0 Å². The molecule has 3 heteroatoms. The normalized spacial score (nSPS) is 14.2. The van der Waals surface area contributed by atoms with Gasteiger partial charge in [0, 0.05) is 23.5 Å². The maximum Gasteiger partial charge on any atom is 0.0305 e. The number of benzene rings is 1. The van der Waals surface area contributed by atoms with Crippen molar-refractivity contribution in [1.29, 1.82) is 0 Å². The van der Waals surface area contributed by atoms with Crippen LogP contribution in [0, 0.1) is 0 Å². The van der Waals surface area contributed by atoms with Gasteiger partial charge in [0.1, 0.15) is 0 Å². The molecular formula is C16H22N2S. The van der Waals surface area contributed by atoms with Crippen LogP contribution >= 0.6 is 11.3 Å². The molecule has 0 aliphatic carbocycles. The quantitative estimate of drug-likeness (QED) is 0.814. The molecule has 0 fully saturated rings. The minimum atomic E-state index is -0.000167. The van der Waals surface area contributed by atoms with Crippen LogP contribution in [-0.2, 0) is 13.0 Å². The molecule has 2 nitrogen and oxygen atoms in total. The largest absolute Gasteiger partial charge is 0.329 e. The van der Waals surface area contributed by atoms with E-state index in [1.165, 1.54) is 10.4 Å². The summed E-state index contributed by atoms with van der Waals surface area (Å²) in [5, 5.41) is 5.72. The highest BCUT2D eigenvalue weighted by Crippen LogP contribution is 2.16. The molecule has 1 aromatic carbocycles. The molecule has 0 aliphatic heterocycles. The Kier molecular flexibility index (Phi) is 5.14. The van der Waals surface area contributed by atoms with Gasteiger partial charge in [-0.3, -0.25) is 0 Å². The number of nitrogens with two attached hydrogens (primary N) is 1. The number of thiophene rings is 1. The molecule has 1 heterocycles. The van der Waals surface area contributed by atoms with Gasteiger partial charge in [0.2, 0.25) is 0 Å². The van der Waals surface area contributed by atoms with Crippen LogP contribution in [0.5, 0.6) is 0 Å². The van der Waals surface area contributed by atoms with Crippen molar-refractivity contribution in [3.8, 4) is 0 Å². The number of nitrogens with one attached hydrogen (secondary N) is 1. The van der Waals surface area contributed by atoms with Gasteiger partial charge in [-0.1, -0.05) is 36.4 Å². The van der Waals surface area contributed by atoms with Gasteiger partial charge in [-0.15, -0.1) is 11.3 Å². The SMILES string of the molecule is CC(CN)(CCc1ccccc1)NCc1cccs1. The standard InChI is InChI=1S/C16H22N2S/c1-16(13-17,18-12-15-8-5-11-19-15)10-9-14-6-3-2-4-7-14/h2-8,11,18H,9-10,12-13,17H2,1H3. The summed E-state index contributed by atoms with van der Waals surface area (Å²) >= 11 is 1.79. The van der Waals surface area contributed by atoms with Gasteiger partial charge in [-0.25, -0.2) is 0 Å². The Morgan fingerprint density at radius 3 is 2.58 bits per heavy atom. The van der Waals surface area contributed by atoms with Crippen LogP contribution in [0.2, 0.25) is 0 Å². The highest BCUT2D eigenvalue weighted by Gasteiger charge is 2.21. The molecule has 0 saturated carbocycles. The molecule has 1 aromatic heterocycles. The van der Waals surface area contributed by atoms with Gasteiger partial charge in [0.15, 0.2) is 0 Å². The van der Waals surface area contributed by atoms with Crippen molar-refractivity contribution >= 4 is 11.3 Å². The Labute approximate surface area is 119 Å². The fraction of sp³-hybridized carbons (Fsp3) is 0.375. The lowest BCUT2D eigenvalue weighted by Gasteiger charge is -2.29. The topological polar surface area (TPSA) is 38.0 Å². The van der Waals surface area contributed by atoms with Crippen molar-refractivity contribution in [3.63, 3.8) is 0 Å². The van der Waals surface area contributed by atoms with Gasteiger partial charge in [-0.05, 0) is 36.8 Å².